The van der Waals surface area contributed by atoms with E-state index in [1.54, 1.807) is 18.2 Å². The minimum Gasteiger partial charge on any atom is -0.379 e. The standard InChI is InChI=1S/C21H24BrClN2O2/c1-3-15-11-18(14-24-7-9-27-10-8-24)25(13-16(15)4-2)21(26)19-6-5-17(23)12-20(19)22/h3-6,12,18H,1-2,7-11,13-14H2. The number of nitrogens with zero attached hydrogens (tertiary/aromatic N) is 2. The highest BCUT2D eigenvalue weighted by Gasteiger charge is 2.32. The predicted octanol–water partition coefficient (Wildman–Crippen LogP) is 4.32. The van der Waals surface area contributed by atoms with Crippen LogP contribution in [0.4, 0.5) is 0 Å². The van der Waals surface area contributed by atoms with Crippen molar-refractivity contribution in [2.75, 3.05) is 39.4 Å². The van der Waals surface area contributed by atoms with Crippen molar-refractivity contribution < 1.29 is 9.53 Å². The number of rotatable bonds is 5. The third-order valence-corrected chi connectivity index (χ3v) is 6.03. The summed E-state index contributed by atoms with van der Waals surface area (Å²) in [4.78, 5) is 17.7. The first-order valence-electron chi connectivity index (χ1n) is 9.06. The molecule has 2 aliphatic rings. The number of ether oxygens (including phenoxy) is 1. The molecule has 4 nitrogen and oxygen atoms in total. The van der Waals surface area contributed by atoms with Crippen LogP contribution in [0, 0.1) is 0 Å². The molecule has 0 saturated carbocycles. The maximum atomic E-state index is 13.4. The van der Waals surface area contributed by atoms with Gasteiger partial charge < -0.3 is 9.64 Å². The number of hydrogen-bond donors (Lipinski definition) is 0. The van der Waals surface area contributed by atoms with Crippen LogP contribution in [0.2, 0.25) is 5.02 Å². The second kappa shape index (κ2) is 9.20. The van der Waals surface area contributed by atoms with Crippen molar-refractivity contribution in [1.29, 1.82) is 0 Å². The molecule has 3 rings (SSSR count). The van der Waals surface area contributed by atoms with E-state index in [0.29, 0.717) is 21.6 Å². The Kier molecular flexibility index (Phi) is 6.93. The summed E-state index contributed by atoms with van der Waals surface area (Å²) in [5, 5.41) is 0.600. The molecule has 1 aromatic carbocycles. The lowest BCUT2D eigenvalue weighted by Gasteiger charge is -2.40. The van der Waals surface area contributed by atoms with Crippen LogP contribution in [0.15, 0.2) is 59.1 Å². The largest absolute Gasteiger partial charge is 0.379 e. The molecule has 0 bridgehead atoms. The molecule has 1 aromatic rings. The average molecular weight is 452 g/mol. The van der Waals surface area contributed by atoms with Gasteiger partial charge in [-0.05, 0) is 51.7 Å². The van der Waals surface area contributed by atoms with Gasteiger partial charge in [-0.25, -0.2) is 0 Å². The first kappa shape index (κ1) is 20.3. The van der Waals surface area contributed by atoms with Crippen LogP contribution < -0.4 is 0 Å². The fraction of sp³-hybridized carbons (Fsp3) is 0.381. The van der Waals surface area contributed by atoms with Gasteiger partial charge in [-0.15, -0.1) is 0 Å². The molecule has 1 fully saturated rings. The Morgan fingerprint density at radius 3 is 2.59 bits per heavy atom. The highest BCUT2D eigenvalue weighted by molar-refractivity contribution is 9.10. The lowest BCUT2D eigenvalue weighted by atomic mass is 9.92. The van der Waals surface area contributed by atoms with Gasteiger partial charge in [0.15, 0.2) is 0 Å². The normalized spacial score (nSPS) is 21.3. The molecule has 2 heterocycles. The van der Waals surface area contributed by atoms with Crippen LogP contribution in [-0.4, -0.2) is 61.1 Å². The second-order valence-corrected chi connectivity index (χ2v) is 8.08. The van der Waals surface area contributed by atoms with E-state index in [4.69, 9.17) is 16.3 Å². The lowest BCUT2D eigenvalue weighted by Crippen LogP contribution is -2.51. The number of halogens is 2. The molecule has 0 aliphatic carbocycles. The molecular formula is C21H24BrClN2O2. The van der Waals surface area contributed by atoms with Gasteiger partial charge in [0.1, 0.15) is 0 Å². The molecule has 2 aliphatic heterocycles. The van der Waals surface area contributed by atoms with Gasteiger partial charge >= 0.3 is 0 Å². The molecule has 6 heteroatoms. The first-order chi connectivity index (χ1) is 13.0. The molecule has 0 aromatic heterocycles. The van der Waals surface area contributed by atoms with Crippen molar-refractivity contribution in [3.8, 4) is 0 Å². The SMILES string of the molecule is C=CC1=C(C=C)CN(C(=O)c2ccc(Cl)cc2Br)C(CN2CCOCC2)C1. The summed E-state index contributed by atoms with van der Waals surface area (Å²) in [5.41, 5.74) is 2.85. The Hall–Kier alpha value is -1.40. The van der Waals surface area contributed by atoms with E-state index >= 15 is 0 Å². The molecule has 0 spiro atoms. The smallest absolute Gasteiger partial charge is 0.255 e. The summed E-state index contributed by atoms with van der Waals surface area (Å²) in [5.74, 6) is -0.000682. The monoisotopic (exact) mass is 450 g/mol. The minimum atomic E-state index is -0.000682. The highest BCUT2D eigenvalue weighted by Crippen LogP contribution is 2.30. The number of allylic oxidation sites excluding steroid dienone is 1. The van der Waals surface area contributed by atoms with Crippen molar-refractivity contribution in [2.45, 2.75) is 12.5 Å². The molecule has 27 heavy (non-hydrogen) atoms. The van der Waals surface area contributed by atoms with Gasteiger partial charge in [0.05, 0.1) is 18.8 Å². The van der Waals surface area contributed by atoms with E-state index in [-0.39, 0.29) is 11.9 Å². The van der Waals surface area contributed by atoms with E-state index in [0.717, 1.165) is 44.8 Å². The quantitative estimate of drug-likeness (QED) is 0.668. The Morgan fingerprint density at radius 2 is 1.96 bits per heavy atom. The number of amides is 1. The Bertz CT molecular complexity index is 771. The van der Waals surface area contributed by atoms with Crippen molar-refractivity contribution >= 4 is 33.4 Å². The topological polar surface area (TPSA) is 32.8 Å². The number of morpholine rings is 1. The molecule has 0 radical (unpaired) electrons. The van der Waals surface area contributed by atoms with E-state index in [9.17, 15) is 4.79 Å². The van der Waals surface area contributed by atoms with E-state index in [1.807, 2.05) is 17.1 Å². The molecule has 1 atom stereocenters. The molecule has 1 amide bonds. The van der Waals surface area contributed by atoms with Crippen molar-refractivity contribution in [3.63, 3.8) is 0 Å². The summed E-state index contributed by atoms with van der Waals surface area (Å²) in [6, 6.07) is 5.37. The second-order valence-electron chi connectivity index (χ2n) is 6.79. The average Bonchev–Trinajstić information content (AvgIpc) is 2.68. The summed E-state index contributed by atoms with van der Waals surface area (Å²) in [6.07, 6.45) is 4.50. The zero-order valence-corrected chi connectivity index (χ0v) is 17.6. The fourth-order valence-electron chi connectivity index (χ4n) is 3.62. The molecule has 0 N–H and O–H groups in total. The van der Waals surface area contributed by atoms with Gasteiger partial charge in [0.25, 0.3) is 5.91 Å². The van der Waals surface area contributed by atoms with Gasteiger partial charge in [0, 0.05) is 41.7 Å². The maximum Gasteiger partial charge on any atom is 0.255 e. The van der Waals surface area contributed by atoms with Crippen LogP contribution >= 0.6 is 27.5 Å². The van der Waals surface area contributed by atoms with Gasteiger partial charge in [-0.2, -0.15) is 0 Å². The predicted molar refractivity (Wildman–Crippen MR) is 113 cm³/mol. The summed E-state index contributed by atoms with van der Waals surface area (Å²) in [7, 11) is 0. The number of hydrogen-bond acceptors (Lipinski definition) is 3. The third kappa shape index (κ3) is 4.72. The highest BCUT2D eigenvalue weighted by atomic mass is 79.9. The van der Waals surface area contributed by atoms with Gasteiger partial charge in [-0.3, -0.25) is 9.69 Å². The maximum absolute atomic E-state index is 13.4. The van der Waals surface area contributed by atoms with E-state index in [1.165, 1.54) is 5.57 Å². The van der Waals surface area contributed by atoms with Crippen molar-refractivity contribution in [2.24, 2.45) is 0 Å². The molecule has 1 saturated heterocycles. The third-order valence-electron chi connectivity index (χ3n) is 5.14. The van der Waals surface area contributed by atoms with Crippen molar-refractivity contribution in [3.05, 3.63) is 69.7 Å². The van der Waals surface area contributed by atoms with E-state index < -0.39 is 0 Å². The van der Waals surface area contributed by atoms with Crippen LogP contribution in [-0.2, 0) is 4.74 Å². The van der Waals surface area contributed by atoms with Crippen molar-refractivity contribution in [1.82, 2.24) is 9.80 Å². The zero-order valence-electron chi connectivity index (χ0n) is 15.3. The summed E-state index contributed by atoms with van der Waals surface area (Å²) in [6.45, 7) is 12.5. The fourth-order valence-corrected chi connectivity index (χ4v) is 4.47. The first-order valence-corrected chi connectivity index (χ1v) is 10.2. The zero-order chi connectivity index (χ0) is 19.4. The Balaban J connectivity index is 1.89. The number of carbonyl (C=O) groups is 1. The van der Waals surface area contributed by atoms with Crippen LogP contribution in [0.5, 0.6) is 0 Å². The summed E-state index contributed by atoms with van der Waals surface area (Å²) < 4.78 is 6.17. The Labute approximate surface area is 174 Å². The van der Waals surface area contributed by atoms with Gasteiger partial charge in [-0.1, -0.05) is 36.9 Å². The van der Waals surface area contributed by atoms with E-state index in [2.05, 4.69) is 34.0 Å². The molecule has 1 unspecified atom stereocenters. The molecule has 144 valence electrons. The summed E-state index contributed by atoms with van der Waals surface area (Å²) >= 11 is 9.53. The number of benzene rings is 1. The molecular weight excluding hydrogens is 428 g/mol. The minimum absolute atomic E-state index is 0.000682. The number of carbonyl (C=O) groups excluding carboxylic acids is 1. The lowest BCUT2D eigenvalue weighted by molar-refractivity contribution is 0.0218. The van der Waals surface area contributed by atoms with Crippen LogP contribution in [0.25, 0.3) is 0 Å². The Morgan fingerprint density at radius 1 is 1.26 bits per heavy atom. The van der Waals surface area contributed by atoms with Crippen LogP contribution in [0.3, 0.4) is 0 Å². The van der Waals surface area contributed by atoms with Crippen LogP contribution in [0.1, 0.15) is 16.8 Å². The van der Waals surface area contributed by atoms with Gasteiger partial charge in [0.2, 0.25) is 0 Å².